The van der Waals surface area contributed by atoms with Gasteiger partial charge >= 0.3 is 0 Å². The maximum atomic E-state index is 9.41. The van der Waals surface area contributed by atoms with E-state index in [2.05, 4.69) is 51.4 Å². The maximum Gasteiger partial charge on any atom is 0.225 e. The molecular formula is C19H26N4O. The predicted molar refractivity (Wildman–Crippen MR) is 96.0 cm³/mol. The van der Waals surface area contributed by atoms with Gasteiger partial charge in [-0.2, -0.15) is 0 Å². The van der Waals surface area contributed by atoms with Crippen molar-refractivity contribution in [1.29, 1.82) is 0 Å². The summed E-state index contributed by atoms with van der Waals surface area (Å²) in [4.78, 5) is 10.9. The fourth-order valence-electron chi connectivity index (χ4n) is 3.26. The summed E-state index contributed by atoms with van der Waals surface area (Å²) in [6.07, 6.45) is 6.45. The first-order chi connectivity index (χ1) is 11.8. The summed E-state index contributed by atoms with van der Waals surface area (Å²) < 4.78 is 0. The summed E-state index contributed by atoms with van der Waals surface area (Å²) in [5.74, 6) is 0.821. The Labute approximate surface area is 143 Å². The number of nitrogens with one attached hydrogen (secondary N) is 1. The average Bonchev–Trinajstić information content (AvgIpc) is 2.63. The molecule has 0 amide bonds. The van der Waals surface area contributed by atoms with E-state index in [1.807, 2.05) is 6.07 Å². The van der Waals surface area contributed by atoms with Gasteiger partial charge in [0.1, 0.15) is 0 Å². The number of aliphatic hydroxyl groups is 1. The molecule has 2 aromatic rings. The van der Waals surface area contributed by atoms with Crippen LogP contribution >= 0.6 is 0 Å². The lowest BCUT2D eigenvalue weighted by atomic mass is 9.98. The zero-order valence-electron chi connectivity index (χ0n) is 14.2. The number of benzene rings is 1. The summed E-state index contributed by atoms with van der Waals surface area (Å²) in [7, 11) is 0. The molecule has 24 heavy (non-hydrogen) atoms. The van der Waals surface area contributed by atoms with Gasteiger partial charge < -0.3 is 15.3 Å². The summed E-state index contributed by atoms with van der Waals surface area (Å²) in [5, 5.41) is 13.1. The highest BCUT2D eigenvalue weighted by Gasteiger charge is 2.23. The van der Waals surface area contributed by atoms with Crippen molar-refractivity contribution < 1.29 is 5.11 Å². The second-order valence-corrected chi connectivity index (χ2v) is 6.45. The number of nitrogens with zero attached hydrogens (tertiary/aromatic N) is 3. The van der Waals surface area contributed by atoms with Crippen molar-refractivity contribution in [2.24, 2.45) is 0 Å². The highest BCUT2D eigenvalue weighted by atomic mass is 16.3. The molecule has 1 fully saturated rings. The van der Waals surface area contributed by atoms with Crippen molar-refractivity contribution in [3.8, 4) is 0 Å². The number of aliphatic hydroxyl groups excluding tert-OH is 1. The van der Waals surface area contributed by atoms with E-state index in [0.29, 0.717) is 6.04 Å². The van der Waals surface area contributed by atoms with E-state index in [1.54, 1.807) is 12.4 Å². The lowest BCUT2D eigenvalue weighted by molar-refractivity contribution is 0.252. The molecule has 1 saturated heterocycles. The fourth-order valence-corrected chi connectivity index (χ4v) is 3.26. The maximum absolute atomic E-state index is 9.41. The Kier molecular flexibility index (Phi) is 5.77. The highest BCUT2D eigenvalue weighted by molar-refractivity contribution is 5.29. The Morgan fingerprint density at radius 2 is 1.83 bits per heavy atom. The monoisotopic (exact) mass is 326 g/mol. The van der Waals surface area contributed by atoms with Gasteiger partial charge in [0.2, 0.25) is 5.95 Å². The molecule has 0 bridgehead atoms. The van der Waals surface area contributed by atoms with E-state index in [0.717, 1.165) is 38.3 Å². The van der Waals surface area contributed by atoms with E-state index >= 15 is 0 Å². The topological polar surface area (TPSA) is 61.3 Å². The van der Waals surface area contributed by atoms with Gasteiger partial charge in [0.05, 0.1) is 0 Å². The van der Waals surface area contributed by atoms with Gasteiger partial charge in [-0.15, -0.1) is 0 Å². The molecule has 0 saturated carbocycles. The minimum Gasteiger partial charge on any atom is -0.396 e. The van der Waals surface area contributed by atoms with Crippen LogP contribution < -0.4 is 10.2 Å². The molecule has 2 heterocycles. The van der Waals surface area contributed by atoms with Crippen molar-refractivity contribution in [3.63, 3.8) is 0 Å². The zero-order chi connectivity index (χ0) is 16.8. The Bertz CT molecular complexity index is 609. The lowest BCUT2D eigenvalue weighted by Gasteiger charge is -2.34. The molecule has 0 aliphatic carbocycles. The molecule has 1 aromatic heterocycles. The standard InChI is InChI=1S/C19H26N4O/c1-15-3-5-16(6-4-15)18(9-14-24)22-17-7-12-23(13-8-17)19-20-10-2-11-21-19/h2-6,10-11,17-18,22,24H,7-9,12-14H2,1H3. The smallest absolute Gasteiger partial charge is 0.225 e. The second-order valence-electron chi connectivity index (χ2n) is 6.45. The minimum absolute atomic E-state index is 0.197. The number of anilines is 1. The second kappa shape index (κ2) is 8.22. The Morgan fingerprint density at radius 1 is 1.17 bits per heavy atom. The fraction of sp³-hybridized carbons (Fsp3) is 0.474. The Hall–Kier alpha value is -1.98. The van der Waals surface area contributed by atoms with Crippen molar-refractivity contribution in [2.75, 3.05) is 24.6 Å². The number of aromatic nitrogens is 2. The largest absolute Gasteiger partial charge is 0.396 e. The average molecular weight is 326 g/mol. The van der Waals surface area contributed by atoms with E-state index in [4.69, 9.17) is 0 Å². The van der Waals surface area contributed by atoms with Crippen LogP contribution in [-0.4, -0.2) is 40.8 Å². The summed E-state index contributed by atoms with van der Waals surface area (Å²) >= 11 is 0. The van der Waals surface area contributed by atoms with Crippen molar-refractivity contribution in [1.82, 2.24) is 15.3 Å². The van der Waals surface area contributed by atoms with Crippen molar-refractivity contribution >= 4 is 5.95 Å². The molecule has 3 rings (SSSR count). The van der Waals surface area contributed by atoms with Gasteiger partial charge in [-0.05, 0) is 37.8 Å². The molecule has 1 aliphatic heterocycles. The van der Waals surface area contributed by atoms with Crippen LogP contribution in [0.1, 0.15) is 36.4 Å². The van der Waals surface area contributed by atoms with Gasteiger partial charge in [-0.25, -0.2) is 9.97 Å². The lowest BCUT2D eigenvalue weighted by Crippen LogP contribution is -2.44. The predicted octanol–water partition coefficient (Wildman–Crippen LogP) is 2.47. The van der Waals surface area contributed by atoms with E-state index < -0.39 is 0 Å². The summed E-state index contributed by atoms with van der Waals surface area (Å²) in [5.41, 5.74) is 2.51. The van der Waals surface area contributed by atoms with Crippen LogP contribution in [0.25, 0.3) is 0 Å². The highest BCUT2D eigenvalue weighted by Crippen LogP contribution is 2.22. The molecule has 128 valence electrons. The molecule has 2 N–H and O–H groups in total. The first kappa shape index (κ1) is 16.9. The SMILES string of the molecule is Cc1ccc(C(CCO)NC2CCN(c3ncccn3)CC2)cc1. The normalized spacial score (nSPS) is 17.0. The van der Waals surface area contributed by atoms with E-state index in [-0.39, 0.29) is 12.6 Å². The van der Waals surface area contributed by atoms with Gasteiger partial charge in [0.15, 0.2) is 0 Å². The molecule has 5 nitrogen and oxygen atoms in total. The molecule has 0 radical (unpaired) electrons. The first-order valence-corrected chi connectivity index (χ1v) is 8.71. The molecule has 1 unspecified atom stereocenters. The molecule has 1 aromatic carbocycles. The molecular weight excluding hydrogens is 300 g/mol. The third kappa shape index (κ3) is 4.30. The third-order valence-electron chi connectivity index (χ3n) is 4.66. The zero-order valence-corrected chi connectivity index (χ0v) is 14.2. The van der Waals surface area contributed by atoms with Gasteiger partial charge in [-0.1, -0.05) is 29.8 Å². The van der Waals surface area contributed by atoms with Crippen molar-refractivity contribution in [2.45, 2.75) is 38.3 Å². The van der Waals surface area contributed by atoms with Crippen LogP contribution in [-0.2, 0) is 0 Å². The number of rotatable bonds is 6. The Balaban J connectivity index is 1.58. The van der Waals surface area contributed by atoms with Gasteiger partial charge in [-0.3, -0.25) is 0 Å². The van der Waals surface area contributed by atoms with Crippen LogP contribution in [0.3, 0.4) is 0 Å². The van der Waals surface area contributed by atoms with Gasteiger partial charge in [0, 0.05) is 44.2 Å². The summed E-state index contributed by atoms with van der Waals surface area (Å²) in [6, 6.07) is 11.1. The van der Waals surface area contributed by atoms with E-state index in [9.17, 15) is 5.11 Å². The summed E-state index contributed by atoms with van der Waals surface area (Å²) in [6.45, 7) is 4.21. The number of hydrogen-bond donors (Lipinski definition) is 2. The van der Waals surface area contributed by atoms with Crippen LogP contribution in [0, 0.1) is 6.92 Å². The van der Waals surface area contributed by atoms with Crippen LogP contribution in [0.5, 0.6) is 0 Å². The third-order valence-corrected chi connectivity index (χ3v) is 4.66. The number of piperidine rings is 1. The quantitative estimate of drug-likeness (QED) is 0.854. The van der Waals surface area contributed by atoms with Crippen LogP contribution in [0.15, 0.2) is 42.7 Å². The van der Waals surface area contributed by atoms with Crippen LogP contribution in [0.2, 0.25) is 0 Å². The number of hydrogen-bond acceptors (Lipinski definition) is 5. The van der Waals surface area contributed by atoms with E-state index in [1.165, 1.54) is 11.1 Å². The van der Waals surface area contributed by atoms with Crippen LogP contribution in [0.4, 0.5) is 5.95 Å². The molecule has 1 aliphatic rings. The van der Waals surface area contributed by atoms with Gasteiger partial charge in [0.25, 0.3) is 0 Å². The molecule has 0 spiro atoms. The minimum atomic E-state index is 0.197. The number of aryl methyl sites for hydroxylation is 1. The molecule has 5 heteroatoms. The Morgan fingerprint density at radius 3 is 2.46 bits per heavy atom. The molecule has 1 atom stereocenters. The van der Waals surface area contributed by atoms with Crippen molar-refractivity contribution in [3.05, 3.63) is 53.9 Å². The first-order valence-electron chi connectivity index (χ1n) is 8.71.